The van der Waals surface area contributed by atoms with Gasteiger partial charge in [-0.3, -0.25) is 0 Å². The molecule has 2 aliphatic rings. The molecule has 2 saturated heterocycles. The number of piperidine rings is 1. The van der Waals surface area contributed by atoms with Gasteiger partial charge in [-0.05, 0) is 58.2 Å². The summed E-state index contributed by atoms with van der Waals surface area (Å²) in [6, 6.07) is 1.11. The van der Waals surface area contributed by atoms with Gasteiger partial charge >= 0.3 is 0 Å². The van der Waals surface area contributed by atoms with E-state index in [2.05, 4.69) is 17.3 Å². The molecule has 0 aromatic carbocycles. The van der Waals surface area contributed by atoms with Gasteiger partial charge in [-0.15, -0.1) is 0 Å². The zero-order valence-electron chi connectivity index (χ0n) is 9.91. The van der Waals surface area contributed by atoms with E-state index in [4.69, 9.17) is 5.73 Å². The number of likely N-dealkylation sites (tertiary alicyclic amines) is 1. The molecule has 3 atom stereocenters. The first-order chi connectivity index (χ1) is 7.25. The lowest BCUT2D eigenvalue weighted by molar-refractivity contribution is 0.180. The third-order valence-electron chi connectivity index (χ3n) is 3.99. The quantitative estimate of drug-likeness (QED) is 0.725. The maximum atomic E-state index is 6.32. The van der Waals surface area contributed by atoms with Crippen LogP contribution in [0, 0.1) is 5.92 Å². The second kappa shape index (κ2) is 5.28. The zero-order valence-corrected chi connectivity index (χ0v) is 9.91. The average Bonchev–Trinajstić information content (AvgIpc) is 2.70. The lowest BCUT2D eigenvalue weighted by atomic mass is 9.87. The number of hydrogen-bond acceptors (Lipinski definition) is 3. The van der Waals surface area contributed by atoms with Gasteiger partial charge in [-0.25, -0.2) is 0 Å². The fourth-order valence-corrected chi connectivity index (χ4v) is 3.03. The van der Waals surface area contributed by atoms with Crippen molar-refractivity contribution >= 4 is 0 Å². The number of nitrogens with two attached hydrogens (primary N) is 1. The first-order valence-corrected chi connectivity index (χ1v) is 6.43. The molecule has 0 saturated carbocycles. The van der Waals surface area contributed by atoms with E-state index >= 15 is 0 Å². The van der Waals surface area contributed by atoms with E-state index in [9.17, 15) is 0 Å². The number of rotatable bonds is 3. The summed E-state index contributed by atoms with van der Waals surface area (Å²) < 4.78 is 0. The number of nitrogens with zero attached hydrogens (tertiary/aromatic N) is 1. The van der Waals surface area contributed by atoms with Gasteiger partial charge in [0, 0.05) is 18.6 Å². The summed E-state index contributed by atoms with van der Waals surface area (Å²) in [5, 5.41) is 3.54. The van der Waals surface area contributed by atoms with Crippen LogP contribution in [0.5, 0.6) is 0 Å². The standard InChI is InChI=1S/C12H25N3/c1-15-7-3-4-10(9-15)12(13)8-11-5-2-6-14-11/h10-12,14H,2-9,13H2,1H3. The third-order valence-corrected chi connectivity index (χ3v) is 3.99. The van der Waals surface area contributed by atoms with Crippen molar-refractivity contribution < 1.29 is 0 Å². The second-order valence-corrected chi connectivity index (χ2v) is 5.36. The van der Waals surface area contributed by atoms with E-state index in [1.165, 1.54) is 51.7 Å². The van der Waals surface area contributed by atoms with Crippen LogP contribution in [-0.2, 0) is 0 Å². The van der Waals surface area contributed by atoms with Crippen molar-refractivity contribution in [2.75, 3.05) is 26.7 Å². The highest BCUT2D eigenvalue weighted by Gasteiger charge is 2.26. The van der Waals surface area contributed by atoms with Crippen LogP contribution in [0.15, 0.2) is 0 Å². The van der Waals surface area contributed by atoms with Crippen LogP contribution < -0.4 is 11.1 Å². The van der Waals surface area contributed by atoms with Gasteiger partial charge in [-0.2, -0.15) is 0 Å². The monoisotopic (exact) mass is 211 g/mol. The highest BCUT2D eigenvalue weighted by molar-refractivity contribution is 4.85. The maximum Gasteiger partial charge on any atom is 0.00941 e. The molecule has 0 aliphatic carbocycles. The molecule has 3 unspecified atom stereocenters. The van der Waals surface area contributed by atoms with Crippen molar-refractivity contribution in [2.24, 2.45) is 11.7 Å². The van der Waals surface area contributed by atoms with Crippen LogP contribution >= 0.6 is 0 Å². The molecule has 2 rings (SSSR count). The highest BCUT2D eigenvalue weighted by atomic mass is 15.1. The van der Waals surface area contributed by atoms with Crippen LogP contribution in [0.2, 0.25) is 0 Å². The Kier molecular flexibility index (Phi) is 4.00. The van der Waals surface area contributed by atoms with Crippen LogP contribution in [0.1, 0.15) is 32.1 Å². The molecule has 3 heteroatoms. The predicted octanol–water partition coefficient (Wildman–Crippen LogP) is 0.798. The van der Waals surface area contributed by atoms with Gasteiger partial charge in [0.05, 0.1) is 0 Å². The summed E-state index contributed by atoms with van der Waals surface area (Å²) in [5.74, 6) is 0.728. The van der Waals surface area contributed by atoms with E-state index in [0.717, 1.165) is 5.92 Å². The molecule has 3 nitrogen and oxygen atoms in total. The second-order valence-electron chi connectivity index (χ2n) is 5.36. The van der Waals surface area contributed by atoms with Crippen LogP contribution in [0.3, 0.4) is 0 Å². The minimum absolute atomic E-state index is 0.406. The molecule has 88 valence electrons. The van der Waals surface area contributed by atoms with Crippen molar-refractivity contribution in [3.8, 4) is 0 Å². The minimum atomic E-state index is 0.406. The molecule has 3 N–H and O–H groups in total. The number of hydrogen-bond donors (Lipinski definition) is 2. The Balaban J connectivity index is 1.76. The van der Waals surface area contributed by atoms with E-state index in [1.54, 1.807) is 0 Å². The van der Waals surface area contributed by atoms with Gasteiger partial charge in [0.15, 0.2) is 0 Å². The summed E-state index contributed by atoms with van der Waals surface area (Å²) in [7, 11) is 2.21. The van der Waals surface area contributed by atoms with Crippen LogP contribution in [0.4, 0.5) is 0 Å². The van der Waals surface area contributed by atoms with Crippen molar-refractivity contribution in [2.45, 2.75) is 44.2 Å². The first-order valence-electron chi connectivity index (χ1n) is 6.43. The Morgan fingerprint density at radius 1 is 1.40 bits per heavy atom. The molecular formula is C12H25N3. The molecule has 2 fully saturated rings. The molecule has 0 bridgehead atoms. The van der Waals surface area contributed by atoms with Gasteiger partial charge in [-0.1, -0.05) is 0 Å². The average molecular weight is 211 g/mol. The van der Waals surface area contributed by atoms with Gasteiger partial charge in [0.25, 0.3) is 0 Å². The predicted molar refractivity (Wildman–Crippen MR) is 63.8 cm³/mol. The van der Waals surface area contributed by atoms with Crippen molar-refractivity contribution in [3.63, 3.8) is 0 Å². The van der Waals surface area contributed by atoms with Gasteiger partial charge in [0.1, 0.15) is 0 Å². The summed E-state index contributed by atoms with van der Waals surface area (Å²) in [4.78, 5) is 2.43. The SMILES string of the molecule is CN1CCCC(C(N)CC2CCCN2)C1. The molecule has 0 aromatic rings. The Hall–Kier alpha value is -0.120. The molecular weight excluding hydrogens is 186 g/mol. The third kappa shape index (κ3) is 3.16. The van der Waals surface area contributed by atoms with E-state index in [-0.39, 0.29) is 0 Å². The molecule has 0 spiro atoms. The summed E-state index contributed by atoms with van der Waals surface area (Å²) in [6.07, 6.45) is 6.50. The Morgan fingerprint density at radius 3 is 2.93 bits per heavy atom. The van der Waals surface area contributed by atoms with Crippen molar-refractivity contribution in [1.29, 1.82) is 0 Å². The van der Waals surface area contributed by atoms with Crippen molar-refractivity contribution in [3.05, 3.63) is 0 Å². The van der Waals surface area contributed by atoms with Gasteiger partial charge < -0.3 is 16.0 Å². The van der Waals surface area contributed by atoms with Crippen LogP contribution in [-0.4, -0.2) is 43.7 Å². The normalized spacial score (nSPS) is 35.6. The molecule has 2 heterocycles. The molecule has 0 aromatic heterocycles. The topological polar surface area (TPSA) is 41.3 Å². The number of nitrogens with one attached hydrogen (secondary N) is 1. The Labute approximate surface area is 93.4 Å². The van der Waals surface area contributed by atoms with Crippen molar-refractivity contribution in [1.82, 2.24) is 10.2 Å². The summed E-state index contributed by atoms with van der Waals surface area (Å²) >= 11 is 0. The minimum Gasteiger partial charge on any atom is -0.327 e. The molecule has 0 radical (unpaired) electrons. The Morgan fingerprint density at radius 2 is 2.27 bits per heavy atom. The van der Waals surface area contributed by atoms with Crippen LogP contribution in [0.25, 0.3) is 0 Å². The zero-order chi connectivity index (χ0) is 10.7. The van der Waals surface area contributed by atoms with E-state index < -0.39 is 0 Å². The summed E-state index contributed by atoms with van der Waals surface area (Å²) in [6.45, 7) is 3.65. The fourth-order valence-electron chi connectivity index (χ4n) is 3.03. The lowest BCUT2D eigenvalue weighted by Crippen LogP contribution is -2.44. The smallest absolute Gasteiger partial charge is 0.00941 e. The molecule has 15 heavy (non-hydrogen) atoms. The molecule has 2 aliphatic heterocycles. The van der Waals surface area contributed by atoms with E-state index in [0.29, 0.717) is 12.1 Å². The lowest BCUT2D eigenvalue weighted by Gasteiger charge is -2.34. The first kappa shape index (κ1) is 11.4. The fraction of sp³-hybridized carbons (Fsp3) is 1.00. The Bertz CT molecular complexity index is 189. The highest BCUT2D eigenvalue weighted by Crippen LogP contribution is 2.22. The largest absolute Gasteiger partial charge is 0.327 e. The van der Waals surface area contributed by atoms with Gasteiger partial charge in [0.2, 0.25) is 0 Å². The summed E-state index contributed by atoms with van der Waals surface area (Å²) in [5.41, 5.74) is 6.32. The maximum absolute atomic E-state index is 6.32. The molecule has 0 amide bonds. The van der Waals surface area contributed by atoms with E-state index in [1.807, 2.05) is 0 Å².